The van der Waals surface area contributed by atoms with Crippen LogP contribution in [0, 0.1) is 17.8 Å². The molecule has 1 aliphatic rings. The van der Waals surface area contributed by atoms with Gasteiger partial charge in [0, 0.05) is 18.0 Å². The minimum atomic E-state index is 0.387. The number of allylic oxidation sites excluding steroid dienone is 9. The molecule has 3 rings (SSSR count). The van der Waals surface area contributed by atoms with Crippen LogP contribution in [0.15, 0.2) is 126 Å². The van der Waals surface area contributed by atoms with Crippen molar-refractivity contribution in [3.05, 3.63) is 132 Å². The Bertz CT molecular complexity index is 1230. The van der Waals surface area contributed by atoms with Gasteiger partial charge in [0.1, 0.15) is 0 Å². The third-order valence-electron chi connectivity index (χ3n) is 7.20. The highest BCUT2D eigenvalue weighted by Gasteiger charge is 2.30. The summed E-state index contributed by atoms with van der Waals surface area (Å²) in [5.41, 5.74) is 9.13. The second kappa shape index (κ2) is 14.4. The summed E-state index contributed by atoms with van der Waals surface area (Å²) < 4.78 is 0. The first kappa shape index (κ1) is 29.0. The molecule has 0 saturated heterocycles. The Morgan fingerprint density at radius 3 is 2.42 bits per heavy atom. The van der Waals surface area contributed by atoms with Crippen molar-refractivity contribution in [3.8, 4) is 0 Å². The Balaban J connectivity index is 2.12. The number of aliphatic imine (C=N–C) groups is 1. The van der Waals surface area contributed by atoms with Gasteiger partial charge < -0.3 is 0 Å². The molecule has 2 heteroatoms. The van der Waals surface area contributed by atoms with Gasteiger partial charge in [0.05, 0.1) is 11.4 Å². The zero-order chi connectivity index (χ0) is 27.5. The van der Waals surface area contributed by atoms with Crippen LogP contribution in [0.5, 0.6) is 0 Å². The van der Waals surface area contributed by atoms with Crippen LogP contribution in [0.3, 0.4) is 0 Å². The Hall–Kier alpha value is -3.52. The smallest absolute Gasteiger partial charge is 0.0593 e. The fraction of sp³-hybridized carbons (Fsp3) is 0.333. The van der Waals surface area contributed by atoms with E-state index >= 15 is 0 Å². The van der Waals surface area contributed by atoms with E-state index in [-0.39, 0.29) is 0 Å². The third kappa shape index (κ3) is 8.52. The van der Waals surface area contributed by atoms with Crippen molar-refractivity contribution in [1.82, 2.24) is 4.98 Å². The van der Waals surface area contributed by atoms with Crippen molar-refractivity contribution in [2.45, 2.75) is 60.3 Å². The molecule has 1 aromatic heterocycles. The van der Waals surface area contributed by atoms with E-state index in [1.54, 1.807) is 0 Å². The quantitative estimate of drug-likeness (QED) is 0.328. The van der Waals surface area contributed by atoms with E-state index in [1.165, 1.54) is 16.7 Å². The highest BCUT2D eigenvalue weighted by molar-refractivity contribution is 6.01. The van der Waals surface area contributed by atoms with Crippen LogP contribution < -0.4 is 0 Å². The average molecular weight is 505 g/mol. The van der Waals surface area contributed by atoms with Gasteiger partial charge in [-0.2, -0.15) is 0 Å². The van der Waals surface area contributed by atoms with Crippen LogP contribution in [-0.4, -0.2) is 10.7 Å². The van der Waals surface area contributed by atoms with Crippen molar-refractivity contribution in [2.75, 3.05) is 0 Å². The van der Waals surface area contributed by atoms with Crippen LogP contribution in [0.2, 0.25) is 0 Å². The van der Waals surface area contributed by atoms with E-state index in [1.807, 2.05) is 25.4 Å². The maximum absolute atomic E-state index is 5.22. The molecular formula is C36H44N2. The van der Waals surface area contributed by atoms with Gasteiger partial charge in [-0.25, -0.2) is 0 Å². The molecule has 0 saturated carbocycles. The lowest BCUT2D eigenvalue weighted by molar-refractivity contribution is 0.272. The van der Waals surface area contributed by atoms with E-state index in [0.717, 1.165) is 53.8 Å². The number of rotatable bonds is 8. The molecule has 1 aromatic carbocycles. The lowest BCUT2D eigenvalue weighted by atomic mass is 9.71. The Morgan fingerprint density at radius 2 is 1.79 bits per heavy atom. The van der Waals surface area contributed by atoms with Crippen molar-refractivity contribution in [2.24, 2.45) is 22.7 Å². The van der Waals surface area contributed by atoms with Crippen LogP contribution in [0.4, 0.5) is 0 Å². The van der Waals surface area contributed by atoms with E-state index in [9.17, 15) is 0 Å². The Morgan fingerprint density at radius 1 is 1.03 bits per heavy atom. The summed E-state index contributed by atoms with van der Waals surface area (Å²) in [5, 5.41) is 0. The van der Waals surface area contributed by atoms with Crippen molar-refractivity contribution < 1.29 is 0 Å². The zero-order valence-electron chi connectivity index (χ0n) is 24.0. The summed E-state index contributed by atoms with van der Waals surface area (Å²) in [7, 11) is 0. The standard InChI is InChI=1S/C36H44N2/c1-8-30-24-35(32-17-13-21-37-25-32)38-34(20-19-26(2)3)18-12-14-28(6)36(30)33(22-27(4)5)23-29(7)31-15-10-9-11-16-31/h9-11,13,15-23,25,28,30,36H,2,7-8,12,14,24H2,1,3-6H3/b20-19+,33-23+,34-18?,38-35+. The predicted octanol–water partition coefficient (Wildman–Crippen LogP) is 9.96. The normalized spacial score (nSPS) is 22.2. The average Bonchev–Trinajstić information content (AvgIpc) is 2.90. The molecule has 0 spiro atoms. The van der Waals surface area contributed by atoms with Gasteiger partial charge in [0.2, 0.25) is 0 Å². The maximum Gasteiger partial charge on any atom is 0.0593 e. The number of pyridine rings is 1. The second-order valence-electron chi connectivity index (χ2n) is 10.8. The summed E-state index contributed by atoms with van der Waals surface area (Å²) in [6.07, 6.45) is 19.0. The van der Waals surface area contributed by atoms with Crippen LogP contribution in [0.1, 0.15) is 71.4 Å². The van der Waals surface area contributed by atoms with E-state index in [0.29, 0.717) is 17.8 Å². The summed E-state index contributed by atoms with van der Waals surface area (Å²) in [4.78, 5) is 9.65. The molecule has 0 fully saturated rings. The highest BCUT2D eigenvalue weighted by atomic mass is 14.8. The minimum absolute atomic E-state index is 0.387. The van der Waals surface area contributed by atoms with Crippen LogP contribution in [0.25, 0.3) is 5.57 Å². The molecule has 3 unspecified atom stereocenters. The predicted molar refractivity (Wildman–Crippen MR) is 166 cm³/mol. The second-order valence-corrected chi connectivity index (χ2v) is 10.8. The molecule has 198 valence electrons. The van der Waals surface area contributed by atoms with E-state index in [4.69, 9.17) is 4.99 Å². The van der Waals surface area contributed by atoms with Crippen LogP contribution in [-0.2, 0) is 0 Å². The molecule has 1 aliphatic heterocycles. The molecule has 38 heavy (non-hydrogen) atoms. The number of aromatic nitrogens is 1. The minimum Gasteiger partial charge on any atom is -0.264 e. The topological polar surface area (TPSA) is 25.2 Å². The van der Waals surface area contributed by atoms with Gasteiger partial charge in [0.25, 0.3) is 0 Å². The van der Waals surface area contributed by atoms with E-state index in [2.05, 4.69) is 113 Å². The fourth-order valence-electron chi connectivity index (χ4n) is 5.31. The lowest BCUT2D eigenvalue weighted by Gasteiger charge is -2.34. The van der Waals surface area contributed by atoms with Crippen LogP contribution >= 0.6 is 0 Å². The summed E-state index contributed by atoms with van der Waals surface area (Å²) in [6.45, 7) is 19.6. The van der Waals surface area contributed by atoms with Crippen molar-refractivity contribution in [1.29, 1.82) is 0 Å². The fourth-order valence-corrected chi connectivity index (χ4v) is 5.31. The molecule has 2 nitrogen and oxygen atoms in total. The molecule has 0 bridgehead atoms. The zero-order valence-corrected chi connectivity index (χ0v) is 24.0. The number of benzene rings is 1. The third-order valence-corrected chi connectivity index (χ3v) is 7.20. The van der Waals surface area contributed by atoms with Gasteiger partial charge in [0.15, 0.2) is 0 Å². The highest BCUT2D eigenvalue weighted by Crippen LogP contribution is 2.39. The van der Waals surface area contributed by atoms with Gasteiger partial charge in [-0.1, -0.05) is 105 Å². The molecule has 2 aromatic rings. The Labute approximate surface area is 231 Å². The largest absolute Gasteiger partial charge is 0.264 e. The monoisotopic (exact) mass is 504 g/mol. The number of hydrogen-bond donors (Lipinski definition) is 0. The Kier molecular flexibility index (Phi) is 11.0. The van der Waals surface area contributed by atoms with E-state index < -0.39 is 0 Å². The summed E-state index contributed by atoms with van der Waals surface area (Å²) in [6, 6.07) is 14.6. The summed E-state index contributed by atoms with van der Waals surface area (Å²) in [5.74, 6) is 1.32. The first-order valence-corrected chi connectivity index (χ1v) is 13.9. The van der Waals surface area contributed by atoms with Gasteiger partial charge in [-0.3, -0.25) is 9.98 Å². The van der Waals surface area contributed by atoms with Gasteiger partial charge in [-0.05, 0) is 86.6 Å². The SMILES string of the molecule is C=C(C)/C=C/C1=CCCC(C)C(/C(C=C(C)C)=C/C(=C)c2ccccc2)C(CC)C/C(c2cccnc2)=N\1. The summed E-state index contributed by atoms with van der Waals surface area (Å²) >= 11 is 0. The van der Waals surface area contributed by atoms with Gasteiger partial charge >= 0.3 is 0 Å². The molecule has 3 atom stereocenters. The van der Waals surface area contributed by atoms with Crippen molar-refractivity contribution >= 4 is 11.3 Å². The first-order valence-electron chi connectivity index (χ1n) is 13.9. The molecule has 2 heterocycles. The molecule has 0 N–H and O–H groups in total. The number of nitrogens with zero attached hydrogens (tertiary/aromatic N) is 2. The van der Waals surface area contributed by atoms with Gasteiger partial charge in [-0.15, -0.1) is 0 Å². The maximum atomic E-state index is 5.22. The lowest BCUT2D eigenvalue weighted by Crippen LogP contribution is -2.26. The van der Waals surface area contributed by atoms with Crippen molar-refractivity contribution in [3.63, 3.8) is 0 Å². The first-order chi connectivity index (χ1) is 18.3. The number of hydrogen-bond acceptors (Lipinski definition) is 2. The molecule has 0 radical (unpaired) electrons. The molecular weight excluding hydrogens is 460 g/mol. The molecule has 0 amide bonds. The molecule has 0 aliphatic carbocycles.